The van der Waals surface area contributed by atoms with Crippen LogP contribution in [0.1, 0.15) is 11.1 Å². The van der Waals surface area contributed by atoms with E-state index in [-0.39, 0.29) is 5.57 Å². The van der Waals surface area contributed by atoms with Gasteiger partial charge in [0.25, 0.3) is 0 Å². The van der Waals surface area contributed by atoms with Gasteiger partial charge in [-0.15, -0.1) is 0 Å². The normalized spacial score (nSPS) is 9.92. The first-order chi connectivity index (χ1) is 11.5. The summed E-state index contributed by atoms with van der Waals surface area (Å²) in [6, 6.07) is 12.5. The number of rotatable bonds is 6. The quantitative estimate of drug-likeness (QED) is 0.595. The molecule has 0 saturated heterocycles. The van der Waals surface area contributed by atoms with Crippen molar-refractivity contribution in [3.63, 3.8) is 0 Å². The number of benzene rings is 2. The third kappa shape index (κ3) is 3.49. The third-order valence-corrected chi connectivity index (χ3v) is 3.33. The van der Waals surface area contributed by atoms with E-state index in [2.05, 4.69) is 0 Å². The van der Waals surface area contributed by atoms with Crippen LogP contribution in [0, 0.1) is 20.2 Å². The smallest absolute Gasteiger partial charge is 0.497 e. The molecule has 0 spiro atoms. The van der Waals surface area contributed by atoms with Crippen LogP contribution in [-0.2, 0) is 0 Å². The van der Waals surface area contributed by atoms with Crippen LogP contribution in [0.2, 0.25) is 0 Å². The minimum atomic E-state index is -1.09. The summed E-state index contributed by atoms with van der Waals surface area (Å²) in [7, 11) is 2.96. The molecule has 2 rings (SSSR count). The first-order valence-electron chi connectivity index (χ1n) is 6.79. The van der Waals surface area contributed by atoms with Crippen molar-refractivity contribution in [2.45, 2.75) is 0 Å². The first-order valence-corrected chi connectivity index (χ1v) is 6.79. The molecule has 24 heavy (non-hydrogen) atoms. The van der Waals surface area contributed by atoms with Crippen LogP contribution in [-0.4, -0.2) is 24.1 Å². The monoisotopic (exact) mass is 330 g/mol. The zero-order valence-electron chi connectivity index (χ0n) is 13.0. The van der Waals surface area contributed by atoms with Crippen LogP contribution >= 0.6 is 0 Å². The van der Waals surface area contributed by atoms with Gasteiger partial charge in [0, 0.05) is 0 Å². The summed E-state index contributed by atoms with van der Waals surface area (Å²) < 4.78 is 10.1. The van der Waals surface area contributed by atoms with Crippen molar-refractivity contribution < 1.29 is 19.3 Å². The van der Waals surface area contributed by atoms with E-state index in [9.17, 15) is 20.2 Å². The molecule has 0 N–H and O–H groups in total. The van der Waals surface area contributed by atoms with Crippen molar-refractivity contribution in [2.24, 2.45) is 0 Å². The van der Waals surface area contributed by atoms with E-state index in [4.69, 9.17) is 9.47 Å². The maximum absolute atomic E-state index is 11.2. The van der Waals surface area contributed by atoms with Gasteiger partial charge < -0.3 is 9.47 Å². The molecule has 0 saturated carbocycles. The Morgan fingerprint density at radius 1 is 0.750 bits per heavy atom. The van der Waals surface area contributed by atoms with Crippen molar-refractivity contribution in [1.29, 1.82) is 0 Å². The summed E-state index contributed by atoms with van der Waals surface area (Å²) in [6.45, 7) is 0. The lowest BCUT2D eigenvalue weighted by Crippen LogP contribution is -2.13. The second kappa shape index (κ2) is 7.23. The van der Waals surface area contributed by atoms with Crippen LogP contribution in [0.4, 0.5) is 0 Å². The molecule has 0 heterocycles. The maximum atomic E-state index is 11.2. The number of hydrogen-bond donors (Lipinski definition) is 0. The van der Waals surface area contributed by atoms with E-state index >= 15 is 0 Å². The van der Waals surface area contributed by atoms with E-state index in [1.54, 1.807) is 24.3 Å². The maximum Gasteiger partial charge on any atom is 0.567 e. The molecule has 0 bridgehead atoms. The molecule has 0 aromatic heterocycles. The Bertz CT molecular complexity index is 716. The molecule has 8 nitrogen and oxygen atoms in total. The highest BCUT2D eigenvalue weighted by Gasteiger charge is 2.33. The van der Waals surface area contributed by atoms with Gasteiger partial charge in [-0.25, -0.2) is 0 Å². The molecule has 0 fully saturated rings. The zero-order valence-corrected chi connectivity index (χ0v) is 13.0. The van der Waals surface area contributed by atoms with Crippen molar-refractivity contribution in [1.82, 2.24) is 0 Å². The van der Waals surface area contributed by atoms with E-state index < -0.39 is 15.7 Å². The number of nitro groups is 2. The predicted octanol–water partition coefficient (Wildman–Crippen LogP) is 2.97. The number of nitrogens with zero attached hydrogens (tertiary/aromatic N) is 2. The first kappa shape index (κ1) is 16.9. The Morgan fingerprint density at radius 3 is 1.33 bits per heavy atom. The van der Waals surface area contributed by atoms with Gasteiger partial charge >= 0.3 is 5.82 Å². The van der Waals surface area contributed by atoms with E-state index in [1.807, 2.05) is 0 Å². The standard InChI is InChI=1S/C16H14N2O6/c1-23-13-7-3-11(4-8-13)15(16(17(19)20)18(21)22)12-5-9-14(24-2)10-6-12/h3-10H,1-2H3. The van der Waals surface area contributed by atoms with Crippen molar-refractivity contribution in [3.05, 3.63) is 85.7 Å². The van der Waals surface area contributed by atoms with Gasteiger partial charge in [0.2, 0.25) is 0 Å². The highest BCUT2D eigenvalue weighted by Crippen LogP contribution is 2.30. The van der Waals surface area contributed by atoms with Gasteiger partial charge in [0.05, 0.1) is 14.2 Å². The van der Waals surface area contributed by atoms with Crippen molar-refractivity contribution in [2.75, 3.05) is 14.2 Å². The molecule has 0 aliphatic carbocycles. The highest BCUT2D eigenvalue weighted by molar-refractivity contribution is 5.80. The molecule has 8 heteroatoms. The molecular formula is C16H14N2O6. The van der Waals surface area contributed by atoms with Gasteiger partial charge in [0.1, 0.15) is 26.9 Å². The number of hydrogen-bond acceptors (Lipinski definition) is 6. The second-order valence-corrected chi connectivity index (χ2v) is 4.67. The summed E-state index contributed by atoms with van der Waals surface area (Å²) in [4.78, 5) is 20.5. The van der Waals surface area contributed by atoms with Gasteiger partial charge in [-0.1, -0.05) is 24.3 Å². The number of ether oxygens (including phenoxy) is 2. The van der Waals surface area contributed by atoms with Crippen LogP contribution in [0.25, 0.3) is 5.57 Å². The van der Waals surface area contributed by atoms with Gasteiger partial charge in [-0.2, -0.15) is 0 Å². The van der Waals surface area contributed by atoms with E-state index in [0.29, 0.717) is 22.6 Å². The molecule has 0 unspecified atom stereocenters. The Kier molecular flexibility index (Phi) is 5.10. The second-order valence-electron chi connectivity index (χ2n) is 4.67. The van der Waals surface area contributed by atoms with Crippen molar-refractivity contribution in [3.8, 4) is 11.5 Å². The molecule has 124 valence electrons. The average molecular weight is 330 g/mol. The SMILES string of the molecule is COc1ccc(C(=C([N+](=O)[O-])[N+](=O)[O-])c2ccc(OC)cc2)cc1. The van der Waals surface area contributed by atoms with Gasteiger partial charge in [-0.3, -0.25) is 20.2 Å². The highest BCUT2D eigenvalue weighted by atomic mass is 16.7. The molecule has 0 amide bonds. The van der Waals surface area contributed by atoms with E-state index in [1.165, 1.54) is 38.5 Å². The van der Waals surface area contributed by atoms with Crippen molar-refractivity contribution >= 4 is 5.57 Å². The Hall–Kier alpha value is -3.42. The van der Waals surface area contributed by atoms with Gasteiger partial charge in [-0.05, 0) is 35.4 Å². The Labute approximate surface area is 137 Å². The molecule has 0 radical (unpaired) electrons. The molecule has 2 aromatic rings. The van der Waals surface area contributed by atoms with Crippen LogP contribution in [0.15, 0.2) is 54.4 Å². The van der Waals surface area contributed by atoms with Crippen LogP contribution in [0.5, 0.6) is 11.5 Å². The lowest BCUT2D eigenvalue weighted by molar-refractivity contribution is -0.614. The largest absolute Gasteiger partial charge is 0.567 e. The summed E-state index contributed by atoms with van der Waals surface area (Å²) >= 11 is 0. The minimum absolute atomic E-state index is 0.0877. The van der Waals surface area contributed by atoms with Crippen LogP contribution < -0.4 is 9.47 Å². The number of methoxy groups -OCH3 is 2. The average Bonchev–Trinajstić information content (AvgIpc) is 2.59. The summed E-state index contributed by atoms with van der Waals surface area (Å²) in [5.41, 5.74) is 0.587. The predicted molar refractivity (Wildman–Crippen MR) is 86.0 cm³/mol. The minimum Gasteiger partial charge on any atom is -0.497 e. The molecule has 0 aliphatic heterocycles. The summed E-state index contributed by atoms with van der Waals surface area (Å²) in [5, 5.41) is 22.5. The topological polar surface area (TPSA) is 105 Å². The molecular weight excluding hydrogens is 316 g/mol. The van der Waals surface area contributed by atoms with Gasteiger partial charge in [0.15, 0.2) is 0 Å². The molecule has 0 aliphatic rings. The summed E-state index contributed by atoms with van der Waals surface area (Å²) in [5.74, 6) is -0.0153. The van der Waals surface area contributed by atoms with Crippen LogP contribution in [0.3, 0.4) is 0 Å². The zero-order chi connectivity index (χ0) is 17.7. The fourth-order valence-electron chi connectivity index (χ4n) is 2.19. The Balaban J connectivity index is 2.70. The fraction of sp³-hybridized carbons (Fsp3) is 0.125. The third-order valence-electron chi connectivity index (χ3n) is 3.33. The Morgan fingerprint density at radius 2 is 1.08 bits per heavy atom. The fourth-order valence-corrected chi connectivity index (χ4v) is 2.19. The van der Waals surface area contributed by atoms with E-state index in [0.717, 1.165) is 0 Å². The lowest BCUT2D eigenvalue weighted by Gasteiger charge is -2.08. The molecule has 0 atom stereocenters. The molecule has 2 aromatic carbocycles. The summed E-state index contributed by atoms with van der Waals surface area (Å²) in [6.07, 6.45) is 0. The lowest BCUT2D eigenvalue weighted by atomic mass is 9.97.